The Morgan fingerprint density at radius 3 is 1.58 bits per heavy atom. The molecule has 0 radical (unpaired) electrons. The normalized spacial score (nSPS) is 20.1. The molecule has 2 aromatic carbocycles. The molecular weight excluding hydrogens is 757 g/mol. The van der Waals surface area contributed by atoms with Crippen molar-refractivity contribution < 1.29 is 33.4 Å². The van der Waals surface area contributed by atoms with E-state index in [0.717, 1.165) is 33.6 Å². The molecule has 4 atom stereocenters. The molecule has 0 saturated carbocycles. The van der Waals surface area contributed by atoms with Crippen molar-refractivity contribution in [2.24, 2.45) is 11.8 Å². The minimum absolute atomic E-state index is 0.0674. The molecule has 2 aromatic heterocycles. The maximum Gasteiger partial charge on any atom is 0.407 e. The molecule has 17 heteroatoms. The van der Waals surface area contributed by atoms with Crippen LogP contribution in [0.1, 0.15) is 63.3 Å². The second-order valence-electron chi connectivity index (χ2n) is 15.7. The number of hydrogen-bond donors (Lipinski definition) is 4. The third-order valence-electron chi connectivity index (χ3n) is 11.6. The molecule has 3 aliphatic heterocycles. The van der Waals surface area contributed by atoms with Gasteiger partial charge in [-0.3, -0.25) is 19.6 Å². The molecule has 0 spiro atoms. The summed E-state index contributed by atoms with van der Waals surface area (Å²) < 4.78 is 15.2. The lowest BCUT2D eigenvalue weighted by atomic mass is 9.90. The van der Waals surface area contributed by atoms with E-state index in [2.05, 4.69) is 49.9 Å². The van der Waals surface area contributed by atoms with Crippen LogP contribution in [-0.2, 0) is 23.8 Å². The highest BCUT2D eigenvalue weighted by atomic mass is 16.5. The average molecular weight is 811 g/mol. The molecule has 17 nitrogen and oxygen atoms in total. The molecule has 3 fully saturated rings. The second kappa shape index (κ2) is 18.0. The maximum absolute atomic E-state index is 14.1. The Morgan fingerprint density at radius 2 is 1.12 bits per heavy atom. The number of methoxy groups -OCH3 is 2. The zero-order chi connectivity index (χ0) is 41.8. The molecule has 59 heavy (non-hydrogen) atoms. The molecule has 0 bridgehead atoms. The molecule has 5 heterocycles. The second-order valence-corrected chi connectivity index (χ2v) is 15.7. The van der Waals surface area contributed by atoms with Gasteiger partial charge >= 0.3 is 12.2 Å². The number of hydrogen-bond acceptors (Lipinski definition) is 11. The third kappa shape index (κ3) is 8.82. The van der Waals surface area contributed by atoms with Crippen LogP contribution in [0.5, 0.6) is 0 Å². The van der Waals surface area contributed by atoms with Gasteiger partial charge in [0.25, 0.3) is 11.8 Å². The molecule has 4 aromatic rings. The molecule has 7 rings (SSSR count). The quantitative estimate of drug-likeness (QED) is 0.161. The topological polar surface area (TPSA) is 190 Å². The molecule has 4 amide bonds. The van der Waals surface area contributed by atoms with Crippen LogP contribution < -0.4 is 10.6 Å². The number of amides is 4. The SMILES string of the molecule is COC(=O)N[C@@H](C(=O)N1[C@H](c2ncc(-c3ccc(-c4ccc(-c5cnc([C@@H]6CCN(C)N6C(=O)[C@H](NC(=O)OC)C6CCOCC6)[nH]5)cc4)cc3)[nH]2)CCN1C)C(C)C. The van der Waals surface area contributed by atoms with E-state index in [4.69, 9.17) is 19.2 Å². The molecule has 0 aliphatic carbocycles. The Kier molecular flexibility index (Phi) is 12.6. The number of imidazole rings is 2. The van der Waals surface area contributed by atoms with Gasteiger partial charge in [-0.1, -0.05) is 62.4 Å². The lowest BCUT2D eigenvalue weighted by Crippen LogP contribution is -2.55. The predicted octanol–water partition coefficient (Wildman–Crippen LogP) is 4.91. The van der Waals surface area contributed by atoms with Crippen molar-refractivity contribution in [2.45, 2.75) is 63.7 Å². The first kappa shape index (κ1) is 41.4. The van der Waals surface area contributed by atoms with Crippen molar-refractivity contribution in [1.82, 2.24) is 50.6 Å². The molecule has 0 unspecified atom stereocenters. The minimum atomic E-state index is -0.749. The highest BCUT2D eigenvalue weighted by molar-refractivity contribution is 5.87. The van der Waals surface area contributed by atoms with Crippen molar-refractivity contribution in [3.8, 4) is 33.6 Å². The number of benzene rings is 2. The average Bonchev–Trinajstić information content (AvgIpc) is 4.09. The van der Waals surface area contributed by atoms with Crippen molar-refractivity contribution in [3.05, 3.63) is 72.6 Å². The van der Waals surface area contributed by atoms with Gasteiger partial charge in [-0.05, 0) is 59.8 Å². The zero-order valence-corrected chi connectivity index (χ0v) is 34.4. The van der Waals surface area contributed by atoms with E-state index in [-0.39, 0.29) is 35.7 Å². The van der Waals surface area contributed by atoms with Gasteiger partial charge in [-0.25, -0.2) is 29.6 Å². The highest BCUT2D eigenvalue weighted by Gasteiger charge is 2.43. The summed E-state index contributed by atoms with van der Waals surface area (Å²) in [5.41, 5.74) is 5.66. The van der Waals surface area contributed by atoms with Gasteiger partial charge in [0.2, 0.25) is 0 Å². The van der Waals surface area contributed by atoms with Gasteiger partial charge in [0, 0.05) is 40.4 Å². The van der Waals surface area contributed by atoms with Gasteiger partial charge in [0.1, 0.15) is 35.8 Å². The first-order valence-corrected chi connectivity index (χ1v) is 20.1. The number of nitrogens with one attached hydrogen (secondary N) is 4. The summed E-state index contributed by atoms with van der Waals surface area (Å²) in [5.74, 6) is 0.725. The standard InChI is InChI=1S/C42H54N10O7/c1-25(2)35(47-41(55)57-5)39(53)51-33(15-19-49(51)3)37-43-23-31(45-37)28-11-7-26(8-12-28)27-9-13-29(14-10-27)32-24-44-38(46-32)34-16-20-50(4)52(34)40(54)36(48-42(56)58-6)30-17-21-59-22-18-30/h7-14,23-25,30,33-36H,15-22H2,1-6H3,(H,43,45)(H,44,46)(H,47,55)(H,48,56)/t33-,34-,35+,36+/m0/s1. The van der Waals surface area contributed by atoms with E-state index < -0.39 is 24.3 Å². The van der Waals surface area contributed by atoms with Crippen LogP contribution in [0.15, 0.2) is 60.9 Å². The van der Waals surface area contributed by atoms with Crippen LogP contribution in [0.25, 0.3) is 33.6 Å². The van der Waals surface area contributed by atoms with E-state index >= 15 is 0 Å². The summed E-state index contributed by atoms with van der Waals surface area (Å²) in [6.07, 6.45) is 5.01. The summed E-state index contributed by atoms with van der Waals surface area (Å²) in [6, 6.07) is 14.3. The summed E-state index contributed by atoms with van der Waals surface area (Å²) in [5, 5.41) is 12.7. The Hall–Kier alpha value is -5.78. The Morgan fingerprint density at radius 1 is 0.678 bits per heavy atom. The molecule has 3 saturated heterocycles. The summed E-state index contributed by atoms with van der Waals surface area (Å²) in [4.78, 5) is 68.5. The number of ether oxygens (including phenoxy) is 3. The van der Waals surface area contributed by atoms with E-state index in [1.165, 1.54) is 14.2 Å². The van der Waals surface area contributed by atoms with E-state index in [9.17, 15) is 19.2 Å². The number of aromatic nitrogens is 4. The minimum Gasteiger partial charge on any atom is -0.453 e. The molecule has 4 N–H and O–H groups in total. The van der Waals surface area contributed by atoms with Gasteiger partial charge in [-0.2, -0.15) is 0 Å². The van der Waals surface area contributed by atoms with Gasteiger partial charge in [0.05, 0.1) is 38.0 Å². The van der Waals surface area contributed by atoms with E-state index in [1.54, 1.807) is 22.4 Å². The zero-order valence-electron chi connectivity index (χ0n) is 34.4. The Balaban J connectivity index is 1.02. The van der Waals surface area contributed by atoms with Gasteiger partial charge in [0.15, 0.2) is 0 Å². The lowest BCUT2D eigenvalue weighted by molar-refractivity contribution is -0.151. The number of carbonyl (C=O) groups excluding carboxylic acids is 4. The van der Waals surface area contributed by atoms with Crippen LogP contribution in [0, 0.1) is 11.8 Å². The Bertz CT molecular complexity index is 2100. The first-order chi connectivity index (χ1) is 28.5. The monoisotopic (exact) mass is 810 g/mol. The van der Waals surface area contributed by atoms with E-state index in [1.807, 2.05) is 62.2 Å². The first-order valence-electron chi connectivity index (χ1n) is 20.1. The number of hydrazine groups is 2. The summed E-state index contributed by atoms with van der Waals surface area (Å²) in [6.45, 7) is 6.17. The number of carbonyl (C=O) groups is 4. The number of alkyl carbamates (subject to hydrolysis) is 2. The molecule has 314 valence electrons. The third-order valence-corrected chi connectivity index (χ3v) is 11.6. The lowest BCUT2D eigenvalue weighted by Gasteiger charge is -2.36. The number of H-pyrrole nitrogens is 2. The highest BCUT2D eigenvalue weighted by Crippen LogP contribution is 2.35. The smallest absolute Gasteiger partial charge is 0.407 e. The summed E-state index contributed by atoms with van der Waals surface area (Å²) >= 11 is 0. The fraction of sp³-hybridized carbons (Fsp3) is 0.476. The molecular formula is C42H54N10O7. The fourth-order valence-corrected chi connectivity index (χ4v) is 8.29. The van der Waals surface area contributed by atoms with Crippen molar-refractivity contribution in [1.29, 1.82) is 0 Å². The van der Waals surface area contributed by atoms with E-state index in [0.29, 0.717) is 63.6 Å². The van der Waals surface area contributed by atoms with Gasteiger partial charge in [-0.15, -0.1) is 0 Å². The largest absolute Gasteiger partial charge is 0.453 e. The van der Waals surface area contributed by atoms with Crippen LogP contribution in [0.2, 0.25) is 0 Å². The number of nitrogens with zero attached hydrogens (tertiary/aromatic N) is 6. The van der Waals surface area contributed by atoms with Crippen molar-refractivity contribution in [3.63, 3.8) is 0 Å². The number of rotatable bonds is 11. The van der Waals surface area contributed by atoms with Crippen LogP contribution in [0.4, 0.5) is 9.59 Å². The van der Waals surface area contributed by atoms with Crippen molar-refractivity contribution in [2.75, 3.05) is 54.6 Å². The van der Waals surface area contributed by atoms with Crippen LogP contribution in [-0.4, -0.2) is 131 Å². The van der Waals surface area contributed by atoms with Crippen LogP contribution >= 0.6 is 0 Å². The summed E-state index contributed by atoms with van der Waals surface area (Å²) in [7, 11) is 6.32. The van der Waals surface area contributed by atoms with Crippen LogP contribution in [0.3, 0.4) is 0 Å². The maximum atomic E-state index is 14.1. The number of aromatic amines is 2. The van der Waals surface area contributed by atoms with Gasteiger partial charge < -0.3 is 34.8 Å². The van der Waals surface area contributed by atoms with Crippen molar-refractivity contribution >= 4 is 24.0 Å². The Labute approximate surface area is 343 Å². The fourth-order valence-electron chi connectivity index (χ4n) is 8.29. The molecule has 3 aliphatic rings. The predicted molar refractivity (Wildman–Crippen MR) is 218 cm³/mol.